The molecule has 8 heteroatoms. The number of nitrogens with one attached hydrogen (secondary N) is 1. The highest BCUT2D eigenvalue weighted by atomic mass is 35.5. The molecule has 2 aromatic rings. The summed E-state index contributed by atoms with van der Waals surface area (Å²) in [7, 11) is 0. The van der Waals surface area contributed by atoms with Crippen LogP contribution in [0, 0.1) is 17.0 Å². The summed E-state index contributed by atoms with van der Waals surface area (Å²) < 4.78 is 1.24. The van der Waals surface area contributed by atoms with E-state index in [1.807, 2.05) is 0 Å². The molecule has 110 valence electrons. The first-order chi connectivity index (χ1) is 9.90. The second kappa shape index (κ2) is 5.92. The third kappa shape index (κ3) is 3.19. The summed E-state index contributed by atoms with van der Waals surface area (Å²) in [6.07, 6.45) is 2.32. The topological polar surface area (TPSA) is 90.1 Å². The Morgan fingerprint density at radius 2 is 2.24 bits per heavy atom. The van der Waals surface area contributed by atoms with Crippen LogP contribution in [0.25, 0.3) is 0 Å². The van der Waals surface area contributed by atoms with Crippen LogP contribution in [0.3, 0.4) is 0 Å². The van der Waals surface area contributed by atoms with Gasteiger partial charge in [0.25, 0.3) is 0 Å². The number of hydrogen-bond acceptors (Lipinski definition) is 4. The van der Waals surface area contributed by atoms with E-state index in [1.165, 1.54) is 10.9 Å². The summed E-state index contributed by atoms with van der Waals surface area (Å²) in [5.74, 6) is -0.335. The number of carbonyl (C=O) groups excluding carboxylic acids is 1. The number of amides is 1. The van der Waals surface area contributed by atoms with Crippen molar-refractivity contribution in [2.75, 3.05) is 5.32 Å². The molecule has 1 aromatic heterocycles. The van der Waals surface area contributed by atoms with E-state index < -0.39 is 11.0 Å². The maximum Gasteiger partial charge on any atom is 0.307 e. The predicted molar refractivity (Wildman–Crippen MR) is 78.4 cm³/mol. The van der Waals surface area contributed by atoms with Crippen molar-refractivity contribution in [3.05, 3.63) is 51.3 Å². The summed E-state index contributed by atoms with van der Waals surface area (Å²) in [5, 5.41) is 17.7. The first-order valence-electron chi connectivity index (χ1n) is 6.14. The molecule has 1 atom stereocenters. The molecule has 0 fully saturated rings. The summed E-state index contributed by atoms with van der Waals surface area (Å²) in [6, 6.07) is 4.51. The minimum atomic E-state index is -0.683. The van der Waals surface area contributed by atoms with E-state index in [0.29, 0.717) is 10.7 Å². The van der Waals surface area contributed by atoms with E-state index in [1.54, 1.807) is 32.0 Å². The Hall–Kier alpha value is -2.41. The minimum Gasteiger partial charge on any atom is -0.324 e. The van der Waals surface area contributed by atoms with Crippen LogP contribution >= 0.6 is 11.6 Å². The van der Waals surface area contributed by atoms with Crippen molar-refractivity contribution < 1.29 is 9.72 Å². The number of halogens is 1. The van der Waals surface area contributed by atoms with Crippen molar-refractivity contribution in [1.29, 1.82) is 0 Å². The number of aromatic nitrogens is 2. The van der Waals surface area contributed by atoms with Gasteiger partial charge in [0, 0.05) is 10.7 Å². The normalized spacial score (nSPS) is 12.0. The maximum atomic E-state index is 12.2. The lowest BCUT2D eigenvalue weighted by Gasteiger charge is -2.14. The number of carbonyl (C=O) groups is 1. The smallest absolute Gasteiger partial charge is 0.307 e. The zero-order chi connectivity index (χ0) is 15.6. The monoisotopic (exact) mass is 308 g/mol. The van der Waals surface area contributed by atoms with E-state index in [0.717, 1.165) is 11.8 Å². The van der Waals surface area contributed by atoms with E-state index >= 15 is 0 Å². The maximum absolute atomic E-state index is 12.2. The highest BCUT2D eigenvalue weighted by molar-refractivity contribution is 6.31. The Kier molecular flexibility index (Phi) is 4.23. The predicted octanol–water partition coefficient (Wildman–Crippen LogP) is 2.95. The van der Waals surface area contributed by atoms with Gasteiger partial charge in [-0.3, -0.25) is 19.6 Å². The Labute approximate surface area is 125 Å². The average Bonchev–Trinajstić information content (AvgIpc) is 2.93. The van der Waals surface area contributed by atoms with E-state index in [9.17, 15) is 14.9 Å². The van der Waals surface area contributed by atoms with Crippen LogP contribution in [0.1, 0.15) is 18.5 Å². The molecule has 0 spiro atoms. The summed E-state index contributed by atoms with van der Waals surface area (Å²) in [5.41, 5.74) is 1.20. The van der Waals surface area contributed by atoms with Gasteiger partial charge < -0.3 is 5.32 Å². The van der Waals surface area contributed by atoms with Gasteiger partial charge in [0.05, 0.1) is 4.92 Å². The molecule has 2 rings (SSSR count). The Balaban J connectivity index is 2.15. The molecule has 0 unspecified atom stereocenters. The Bertz CT molecular complexity index is 698. The second-order valence-corrected chi connectivity index (χ2v) is 4.92. The molecule has 0 aliphatic carbocycles. The summed E-state index contributed by atoms with van der Waals surface area (Å²) in [4.78, 5) is 22.2. The molecule has 1 aromatic carbocycles. The molecule has 7 nitrogen and oxygen atoms in total. The number of benzene rings is 1. The number of nitrogens with zero attached hydrogens (tertiary/aromatic N) is 3. The van der Waals surface area contributed by atoms with E-state index in [4.69, 9.17) is 11.6 Å². The average molecular weight is 309 g/mol. The summed E-state index contributed by atoms with van der Waals surface area (Å²) >= 11 is 5.99. The van der Waals surface area contributed by atoms with Crippen LogP contribution in [0.2, 0.25) is 5.02 Å². The fourth-order valence-electron chi connectivity index (χ4n) is 1.73. The molecule has 0 aliphatic heterocycles. The van der Waals surface area contributed by atoms with Crippen LogP contribution < -0.4 is 5.32 Å². The van der Waals surface area contributed by atoms with Crippen LogP contribution in [0.15, 0.2) is 30.6 Å². The standard InChI is InChI=1S/C13H13ClN4O3/c1-8-11(14)4-3-5-12(8)16-13(19)9(2)17-7-10(6-15-17)18(20)21/h3-7,9H,1-2H3,(H,16,19)/t9-/m0/s1. The lowest BCUT2D eigenvalue weighted by atomic mass is 10.2. The van der Waals surface area contributed by atoms with Gasteiger partial charge in [0.1, 0.15) is 18.4 Å². The highest BCUT2D eigenvalue weighted by Gasteiger charge is 2.19. The van der Waals surface area contributed by atoms with Crippen molar-refractivity contribution in [2.45, 2.75) is 19.9 Å². The van der Waals surface area contributed by atoms with Gasteiger partial charge in [0.2, 0.25) is 5.91 Å². The number of nitro groups is 1. The molecule has 1 amide bonds. The SMILES string of the molecule is Cc1c(Cl)cccc1NC(=O)[C@H](C)n1cc([N+](=O)[O-])cn1. The largest absolute Gasteiger partial charge is 0.324 e. The lowest BCUT2D eigenvalue weighted by molar-refractivity contribution is -0.385. The highest BCUT2D eigenvalue weighted by Crippen LogP contribution is 2.24. The molecular formula is C13H13ClN4O3. The molecule has 0 saturated carbocycles. The molecule has 0 radical (unpaired) electrons. The fraction of sp³-hybridized carbons (Fsp3) is 0.231. The quantitative estimate of drug-likeness (QED) is 0.694. The zero-order valence-corrected chi connectivity index (χ0v) is 12.2. The van der Waals surface area contributed by atoms with Crippen molar-refractivity contribution in [1.82, 2.24) is 9.78 Å². The molecule has 0 saturated heterocycles. The lowest BCUT2D eigenvalue weighted by Crippen LogP contribution is -2.24. The minimum absolute atomic E-state index is 0.159. The molecule has 0 aliphatic rings. The van der Waals surface area contributed by atoms with Crippen LogP contribution in [-0.4, -0.2) is 20.6 Å². The Morgan fingerprint density at radius 3 is 2.86 bits per heavy atom. The van der Waals surface area contributed by atoms with Gasteiger partial charge in [-0.2, -0.15) is 5.10 Å². The number of rotatable bonds is 4. The number of anilines is 1. The Morgan fingerprint density at radius 1 is 1.52 bits per heavy atom. The molecule has 1 heterocycles. The van der Waals surface area contributed by atoms with Crippen LogP contribution in [0.5, 0.6) is 0 Å². The van der Waals surface area contributed by atoms with Gasteiger partial charge in [-0.05, 0) is 31.5 Å². The van der Waals surface area contributed by atoms with Gasteiger partial charge in [-0.15, -0.1) is 0 Å². The van der Waals surface area contributed by atoms with Crippen molar-refractivity contribution >= 4 is 28.9 Å². The summed E-state index contributed by atoms with van der Waals surface area (Å²) in [6.45, 7) is 3.40. The molecule has 21 heavy (non-hydrogen) atoms. The second-order valence-electron chi connectivity index (χ2n) is 4.51. The molecule has 0 bridgehead atoms. The molecular weight excluding hydrogens is 296 g/mol. The first-order valence-corrected chi connectivity index (χ1v) is 6.52. The first kappa shape index (κ1) is 15.0. The third-order valence-corrected chi connectivity index (χ3v) is 3.51. The van der Waals surface area contributed by atoms with Crippen LogP contribution in [-0.2, 0) is 4.79 Å². The van der Waals surface area contributed by atoms with Crippen molar-refractivity contribution in [3.63, 3.8) is 0 Å². The van der Waals surface area contributed by atoms with Gasteiger partial charge >= 0.3 is 5.69 Å². The van der Waals surface area contributed by atoms with Crippen LogP contribution in [0.4, 0.5) is 11.4 Å². The van der Waals surface area contributed by atoms with E-state index in [2.05, 4.69) is 10.4 Å². The zero-order valence-electron chi connectivity index (χ0n) is 11.4. The van der Waals surface area contributed by atoms with Crippen molar-refractivity contribution in [2.24, 2.45) is 0 Å². The third-order valence-electron chi connectivity index (χ3n) is 3.10. The van der Waals surface area contributed by atoms with Crippen molar-refractivity contribution in [3.8, 4) is 0 Å². The van der Waals surface area contributed by atoms with E-state index in [-0.39, 0.29) is 11.6 Å². The number of hydrogen-bond donors (Lipinski definition) is 1. The fourth-order valence-corrected chi connectivity index (χ4v) is 1.91. The van der Waals surface area contributed by atoms with Gasteiger partial charge in [-0.1, -0.05) is 17.7 Å². The van der Waals surface area contributed by atoms with Gasteiger partial charge in [0.15, 0.2) is 0 Å². The molecule has 1 N–H and O–H groups in total. The van der Waals surface area contributed by atoms with Gasteiger partial charge in [-0.25, -0.2) is 0 Å².